The van der Waals surface area contributed by atoms with Crippen LogP contribution >= 0.6 is 0 Å². The van der Waals surface area contributed by atoms with Crippen LogP contribution in [0.25, 0.3) is 11.3 Å². The number of benzene rings is 1. The van der Waals surface area contributed by atoms with Gasteiger partial charge in [-0.25, -0.2) is 18.7 Å². The average molecular weight is 279 g/mol. The number of nitrogens with zero attached hydrogens (tertiary/aromatic N) is 2. The molecule has 20 heavy (non-hydrogen) atoms. The lowest BCUT2D eigenvalue weighted by atomic mass is 10.1. The number of rotatable bonds is 5. The minimum Gasteiger partial charge on any atom is -0.494 e. The van der Waals surface area contributed by atoms with Crippen molar-refractivity contribution in [2.45, 2.75) is 13.3 Å². The molecule has 6 heteroatoms. The quantitative estimate of drug-likeness (QED) is 0.912. The molecular formula is C14H15F2N3O. The maximum Gasteiger partial charge on any atom is 0.223 e. The first-order valence-electron chi connectivity index (χ1n) is 6.26. The van der Waals surface area contributed by atoms with Crippen LogP contribution in [0.4, 0.5) is 14.7 Å². The van der Waals surface area contributed by atoms with Crippen molar-refractivity contribution >= 4 is 5.95 Å². The predicted octanol–water partition coefficient (Wildman–Crippen LogP) is 3.25. The van der Waals surface area contributed by atoms with E-state index in [2.05, 4.69) is 15.3 Å². The van der Waals surface area contributed by atoms with E-state index in [-0.39, 0.29) is 11.4 Å². The Hall–Kier alpha value is -2.24. The minimum absolute atomic E-state index is 0.0557. The van der Waals surface area contributed by atoms with Gasteiger partial charge in [-0.2, -0.15) is 0 Å². The highest BCUT2D eigenvalue weighted by molar-refractivity contribution is 5.62. The van der Waals surface area contributed by atoms with Gasteiger partial charge in [0.25, 0.3) is 0 Å². The van der Waals surface area contributed by atoms with E-state index >= 15 is 0 Å². The van der Waals surface area contributed by atoms with Crippen molar-refractivity contribution in [2.24, 2.45) is 0 Å². The summed E-state index contributed by atoms with van der Waals surface area (Å²) >= 11 is 0. The fourth-order valence-electron chi connectivity index (χ4n) is 1.71. The number of hydrogen-bond donors (Lipinski definition) is 1. The van der Waals surface area contributed by atoms with Crippen molar-refractivity contribution in [1.29, 1.82) is 0 Å². The molecule has 0 radical (unpaired) electrons. The van der Waals surface area contributed by atoms with Crippen molar-refractivity contribution in [3.05, 3.63) is 36.0 Å². The Morgan fingerprint density at radius 2 is 2.05 bits per heavy atom. The Kier molecular flexibility index (Phi) is 4.45. The summed E-state index contributed by atoms with van der Waals surface area (Å²) in [6.07, 6.45) is 1.97. The highest BCUT2D eigenvalue weighted by Gasteiger charge is 2.12. The summed E-state index contributed by atoms with van der Waals surface area (Å²) in [5.74, 6) is -0.741. The highest BCUT2D eigenvalue weighted by Crippen LogP contribution is 2.26. The fraction of sp³-hybridized carbons (Fsp3) is 0.286. The summed E-state index contributed by atoms with van der Waals surface area (Å²) in [5.41, 5.74) is 0.392. The topological polar surface area (TPSA) is 47.0 Å². The highest BCUT2D eigenvalue weighted by atomic mass is 19.1. The van der Waals surface area contributed by atoms with Crippen LogP contribution in [-0.2, 0) is 0 Å². The van der Waals surface area contributed by atoms with Crippen LogP contribution in [0.3, 0.4) is 0 Å². The van der Waals surface area contributed by atoms with Crippen LogP contribution in [0, 0.1) is 11.6 Å². The number of nitrogens with one attached hydrogen (secondary N) is 1. The summed E-state index contributed by atoms with van der Waals surface area (Å²) in [7, 11) is 1.37. The van der Waals surface area contributed by atoms with Crippen molar-refractivity contribution in [2.75, 3.05) is 19.0 Å². The molecule has 0 spiro atoms. The molecule has 0 aliphatic rings. The van der Waals surface area contributed by atoms with Crippen LogP contribution in [0.1, 0.15) is 13.3 Å². The lowest BCUT2D eigenvalue weighted by Crippen LogP contribution is -2.06. The zero-order chi connectivity index (χ0) is 14.5. The van der Waals surface area contributed by atoms with Crippen LogP contribution < -0.4 is 10.1 Å². The third kappa shape index (κ3) is 3.01. The molecule has 0 amide bonds. The Morgan fingerprint density at radius 3 is 2.70 bits per heavy atom. The second kappa shape index (κ2) is 6.27. The van der Waals surface area contributed by atoms with E-state index in [0.717, 1.165) is 12.6 Å². The first-order valence-corrected chi connectivity index (χ1v) is 6.26. The number of ether oxygens (including phenoxy) is 1. The molecule has 1 aromatic carbocycles. The average Bonchev–Trinajstić information content (AvgIpc) is 2.46. The van der Waals surface area contributed by atoms with Gasteiger partial charge in [0.15, 0.2) is 17.4 Å². The van der Waals surface area contributed by atoms with Crippen molar-refractivity contribution in [3.8, 4) is 17.0 Å². The number of anilines is 1. The molecule has 0 saturated heterocycles. The standard InChI is InChI=1S/C14H15F2N3O/c1-3-6-17-14-18-8-11(16)13(19-14)9-4-5-12(20-2)10(15)7-9/h4-5,7-8H,3,6H2,1-2H3,(H,17,18,19). The molecule has 106 valence electrons. The molecule has 2 rings (SSSR count). The molecule has 0 fully saturated rings. The second-order valence-electron chi connectivity index (χ2n) is 4.17. The number of aromatic nitrogens is 2. The summed E-state index contributed by atoms with van der Waals surface area (Å²) < 4.78 is 32.3. The van der Waals surface area contributed by atoms with Crippen LogP contribution in [0.15, 0.2) is 24.4 Å². The van der Waals surface area contributed by atoms with Gasteiger partial charge in [0.2, 0.25) is 5.95 Å². The van der Waals surface area contributed by atoms with E-state index < -0.39 is 11.6 Å². The van der Waals surface area contributed by atoms with Gasteiger partial charge in [0.05, 0.1) is 13.3 Å². The lowest BCUT2D eigenvalue weighted by Gasteiger charge is -2.08. The number of halogens is 2. The molecule has 0 bridgehead atoms. The first kappa shape index (κ1) is 14.2. The van der Waals surface area contributed by atoms with Crippen molar-refractivity contribution < 1.29 is 13.5 Å². The van der Waals surface area contributed by atoms with Gasteiger partial charge in [-0.15, -0.1) is 0 Å². The second-order valence-corrected chi connectivity index (χ2v) is 4.17. The minimum atomic E-state index is -0.600. The zero-order valence-electron chi connectivity index (χ0n) is 11.3. The molecule has 1 N–H and O–H groups in total. The molecular weight excluding hydrogens is 264 g/mol. The van der Waals surface area contributed by atoms with Gasteiger partial charge < -0.3 is 10.1 Å². The molecule has 0 atom stereocenters. The van der Waals surface area contributed by atoms with Crippen LogP contribution in [0.5, 0.6) is 5.75 Å². The third-order valence-electron chi connectivity index (χ3n) is 2.70. The van der Waals surface area contributed by atoms with Gasteiger partial charge in [-0.3, -0.25) is 0 Å². The monoisotopic (exact) mass is 279 g/mol. The normalized spacial score (nSPS) is 10.4. The summed E-state index contributed by atoms with van der Waals surface area (Å²) in [5, 5.41) is 2.96. The van der Waals surface area contributed by atoms with Gasteiger partial charge in [0, 0.05) is 12.1 Å². The van der Waals surface area contributed by atoms with Gasteiger partial charge in [0.1, 0.15) is 5.69 Å². The molecule has 0 unspecified atom stereocenters. The van der Waals surface area contributed by atoms with Crippen molar-refractivity contribution in [3.63, 3.8) is 0 Å². The molecule has 0 aliphatic carbocycles. The Bertz CT molecular complexity index is 605. The fourth-order valence-corrected chi connectivity index (χ4v) is 1.71. The van der Waals surface area contributed by atoms with E-state index in [1.54, 1.807) is 6.07 Å². The summed E-state index contributed by atoms with van der Waals surface area (Å²) in [4.78, 5) is 7.91. The molecule has 0 aliphatic heterocycles. The largest absolute Gasteiger partial charge is 0.494 e. The van der Waals surface area contributed by atoms with E-state index in [9.17, 15) is 8.78 Å². The first-order chi connectivity index (χ1) is 9.65. The Balaban J connectivity index is 2.38. The number of methoxy groups -OCH3 is 1. The van der Waals surface area contributed by atoms with Crippen LogP contribution in [0.2, 0.25) is 0 Å². The zero-order valence-corrected chi connectivity index (χ0v) is 11.3. The Labute approximate surface area is 115 Å². The maximum absolute atomic E-state index is 13.8. The predicted molar refractivity (Wildman–Crippen MR) is 72.7 cm³/mol. The van der Waals surface area contributed by atoms with E-state index in [1.165, 1.54) is 19.2 Å². The van der Waals surface area contributed by atoms with E-state index in [4.69, 9.17) is 4.74 Å². The van der Waals surface area contributed by atoms with Gasteiger partial charge in [-0.05, 0) is 24.6 Å². The van der Waals surface area contributed by atoms with Crippen molar-refractivity contribution in [1.82, 2.24) is 9.97 Å². The SMILES string of the molecule is CCCNc1ncc(F)c(-c2ccc(OC)c(F)c2)n1. The maximum atomic E-state index is 13.8. The summed E-state index contributed by atoms with van der Waals surface area (Å²) in [6, 6.07) is 4.18. The summed E-state index contributed by atoms with van der Waals surface area (Å²) in [6.45, 7) is 2.68. The Morgan fingerprint density at radius 1 is 1.25 bits per heavy atom. The number of hydrogen-bond acceptors (Lipinski definition) is 4. The molecule has 1 heterocycles. The van der Waals surface area contributed by atoms with Crippen LogP contribution in [-0.4, -0.2) is 23.6 Å². The molecule has 4 nitrogen and oxygen atoms in total. The molecule has 1 aromatic heterocycles. The van der Waals surface area contributed by atoms with E-state index in [1.807, 2.05) is 6.92 Å². The third-order valence-corrected chi connectivity index (χ3v) is 2.70. The van der Waals surface area contributed by atoms with Gasteiger partial charge in [-0.1, -0.05) is 6.92 Å². The molecule has 0 saturated carbocycles. The smallest absolute Gasteiger partial charge is 0.223 e. The molecule has 2 aromatic rings. The van der Waals surface area contributed by atoms with Gasteiger partial charge >= 0.3 is 0 Å². The lowest BCUT2D eigenvalue weighted by molar-refractivity contribution is 0.386. The van der Waals surface area contributed by atoms with E-state index in [0.29, 0.717) is 18.1 Å².